The number of aromatic nitrogens is 4. The molecule has 1 N–H and O–H groups in total. The molecule has 0 bridgehead atoms. The minimum atomic E-state index is 0.108. The molecule has 6 nitrogen and oxygen atoms in total. The van der Waals surface area contributed by atoms with Gasteiger partial charge >= 0.3 is 0 Å². The van der Waals surface area contributed by atoms with Crippen LogP contribution in [-0.4, -0.2) is 44.0 Å². The SMILES string of the molecule is Cc1nc(N2CCC[C@@H]2CO)c2cnn(-c3cccc(Cl)c3)c2n1. The molecule has 1 aromatic carbocycles. The lowest BCUT2D eigenvalue weighted by molar-refractivity contribution is 0.266. The Kier molecular flexibility index (Phi) is 3.86. The third-order valence-corrected chi connectivity index (χ3v) is 4.67. The molecule has 0 radical (unpaired) electrons. The number of rotatable bonds is 3. The molecule has 7 heteroatoms. The van der Waals surface area contributed by atoms with E-state index in [0.717, 1.165) is 41.9 Å². The largest absolute Gasteiger partial charge is 0.394 e. The van der Waals surface area contributed by atoms with Gasteiger partial charge in [-0.25, -0.2) is 14.6 Å². The van der Waals surface area contributed by atoms with Crippen molar-refractivity contribution < 1.29 is 5.11 Å². The number of aliphatic hydroxyl groups excluding tert-OH is 1. The molecule has 3 aromatic rings. The Morgan fingerprint density at radius 1 is 1.33 bits per heavy atom. The fraction of sp³-hybridized carbons (Fsp3) is 0.353. The predicted molar refractivity (Wildman–Crippen MR) is 93.9 cm³/mol. The molecule has 2 aromatic heterocycles. The van der Waals surface area contributed by atoms with Gasteiger partial charge in [0.1, 0.15) is 11.6 Å². The average molecular weight is 344 g/mol. The summed E-state index contributed by atoms with van der Waals surface area (Å²) in [6.45, 7) is 2.90. The van der Waals surface area contributed by atoms with Gasteiger partial charge in [-0.2, -0.15) is 5.10 Å². The quantitative estimate of drug-likeness (QED) is 0.792. The molecule has 0 aliphatic carbocycles. The maximum absolute atomic E-state index is 9.63. The Hall–Kier alpha value is -2.18. The molecule has 24 heavy (non-hydrogen) atoms. The second kappa shape index (κ2) is 6.03. The van der Waals surface area contributed by atoms with Gasteiger partial charge in [-0.05, 0) is 38.0 Å². The number of aryl methyl sites for hydroxylation is 1. The van der Waals surface area contributed by atoms with Crippen LogP contribution >= 0.6 is 11.6 Å². The predicted octanol–water partition coefficient (Wildman–Crippen LogP) is 2.74. The first-order chi connectivity index (χ1) is 11.7. The van der Waals surface area contributed by atoms with E-state index in [1.165, 1.54) is 0 Å². The van der Waals surface area contributed by atoms with Crippen molar-refractivity contribution in [3.63, 3.8) is 0 Å². The molecule has 0 spiro atoms. The van der Waals surface area contributed by atoms with Gasteiger partial charge in [0.05, 0.1) is 29.9 Å². The van der Waals surface area contributed by atoms with Crippen LogP contribution in [0.5, 0.6) is 0 Å². The third-order valence-electron chi connectivity index (χ3n) is 4.43. The molecule has 4 rings (SSSR count). The highest BCUT2D eigenvalue weighted by Crippen LogP contribution is 2.31. The highest BCUT2D eigenvalue weighted by Gasteiger charge is 2.27. The van der Waals surface area contributed by atoms with E-state index >= 15 is 0 Å². The van der Waals surface area contributed by atoms with Gasteiger partial charge in [0.15, 0.2) is 5.65 Å². The normalized spacial score (nSPS) is 17.8. The van der Waals surface area contributed by atoms with Crippen molar-refractivity contribution in [2.24, 2.45) is 0 Å². The van der Waals surface area contributed by atoms with E-state index in [-0.39, 0.29) is 12.6 Å². The van der Waals surface area contributed by atoms with Crippen molar-refractivity contribution in [1.29, 1.82) is 0 Å². The summed E-state index contributed by atoms with van der Waals surface area (Å²) in [7, 11) is 0. The maximum atomic E-state index is 9.63. The van der Waals surface area contributed by atoms with Crippen LogP contribution in [0.1, 0.15) is 18.7 Å². The van der Waals surface area contributed by atoms with Crippen LogP contribution in [0, 0.1) is 6.92 Å². The molecule has 3 heterocycles. The van der Waals surface area contributed by atoms with Crippen molar-refractivity contribution >= 4 is 28.5 Å². The van der Waals surface area contributed by atoms with E-state index in [1.807, 2.05) is 31.2 Å². The van der Waals surface area contributed by atoms with E-state index in [9.17, 15) is 5.11 Å². The van der Waals surface area contributed by atoms with Crippen LogP contribution in [0.15, 0.2) is 30.5 Å². The standard InChI is InChI=1S/C17H18ClN5O/c1-11-20-16(22-7-3-6-14(22)10-24)15-9-19-23(17(15)21-11)13-5-2-4-12(18)8-13/h2,4-5,8-9,14,24H,3,6-7,10H2,1H3/t14-/m1/s1. The summed E-state index contributed by atoms with van der Waals surface area (Å²) in [4.78, 5) is 11.4. The minimum absolute atomic E-state index is 0.108. The second-order valence-electron chi connectivity index (χ2n) is 6.04. The minimum Gasteiger partial charge on any atom is -0.394 e. The van der Waals surface area contributed by atoms with Gasteiger partial charge in [-0.1, -0.05) is 17.7 Å². The smallest absolute Gasteiger partial charge is 0.168 e. The van der Waals surface area contributed by atoms with Gasteiger partial charge in [0.25, 0.3) is 0 Å². The first kappa shape index (κ1) is 15.4. The van der Waals surface area contributed by atoms with Gasteiger partial charge in [0.2, 0.25) is 0 Å². The van der Waals surface area contributed by atoms with E-state index < -0.39 is 0 Å². The van der Waals surface area contributed by atoms with Crippen LogP contribution < -0.4 is 4.90 Å². The van der Waals surface area contributed by atoms with Gasteiger partial charge in [-0.15, -0.1) is 0 Å². The summed E-state index contributed by atoms with van der Waals surface area (Å²) >= 11 is 6.11. The molecule has 0 unspecified atom stereocenters. The number of hydrogen-bond donors (Lipinski definition) is 1. The number of hydrogen-bond acceptors (Lipinski definition) is 5. The molecule has 1 fully saturated rings. The highest BCUT2D eigenvalue weighted by molar-refractivity contribution is 6.30. The summed E-state index contributed by atoms with van der Waals surface area (Å²) < 4.78 is 1.78. The molecule has 1 aliphatic heterocycles. The maximum Gasteiger partial charge on any atom is 0.168 e. The first-order valence-corrected chi connectivity index (χ1v) is 8.41. The summed E-state index contributed by atoms with van der Waals surface area (Å²) in [5.41, 5.74) is 1.62. The second-order valence-corrected chi connectivity index (χ2v) is 6.48. The lowest BCUT2D eigenvalue weighted by Gasteiger charge is -2.24. The van der Waals surface area contributed by atoms with Crippen molar-refractivity contribution in [1.82, 2.24) is 19.7 Å². The lowest BCUT2D eigenvalue weighted by atomic mass is 10.2. The number of fused-ring (bicyclic) bond motifs is 1. The van der Waals surface area contributed by atoms with Gasteiger partial charge in [-0.3, -0.25) is 0 Å². The lowest BCUT2D eigenvalue weighted by Crippen LogP contribution is -2.33. The third kappa shape index (κ3) is 2.52. The zero-order chi connectivity index (χ0) is 16.7. The number of benzene rings is 1. The van der Waals surface area contributed by atoms with Crippen LogP contribution in [0.2, 0.25) is 5.02 Å². The fourth-order valence-corrected chi connectivity index (χ4v) is 3.50. The fourth-order valence-electron chi connectivity index (χ4n) is 3.32. The Morgan fingerprint density at radius 2 is 2.21 bits per heavy atom. The van der Waals surface area contributed by atoms with E-state index in [0.29, 0.717) is 10.8 Å². The highest BCUT2D eigenvalue weighted by atomic mass is 35.5. The molecular weight excluding hydrogens is 326 g/mol. The van der Waals surface area contributed by atoms with Gasteiger partial charge < -0.3 is 10.0 Å². The van der Waals surface area contributed by atoms with E-state index in [1.54, 1.807) is 10.9 Å². The van der Waals surface area contributed by atoms with Crippen LogP contribution in [0.4, 0.5) is 5.82 Å². The summed E-state index contributed by atoms with van der Waals surface area (Å²) in [6, 6.07) is 7.64. The zero-order valence-corrected chi connectivity index (χ0v) is 14.1. The number of anilines is 1. The molecule has 1 saturated heterocycles. The van der Waals surface area contributed by atoms with Crippen molar-refractivity contribution in [2.45, 2.75) is 25.8 Å². The van der Waals surface area contributed by atoms with Crippen molar-refractivity contribution in [3.8, 4) is 5.69 Å². The molecular formula is C17H18ClN5O. The topological polar surface area (TPSA) is 67.1 Å². The summed E-state index contributed by atoms with van der Waals surface area (Å²) in [5.74, 6) is 1.53. The zero-order valence-electron chi connectivity index (χ0n) is 13.4. The Balaban J connectivity index is 1.89. The van der Waals surface area contributed by atoms with Crippen molar-refractivity contribution in [2.75, 3.05) is 18.1 Å². The van der Waals surface area contributed by atoms with Crippen LogP contribution in [-0.2, 0) is 0 Å². The monoisotopic (exact) mass is 343 g/mol. The Bertz CT molecular complexity index is 894. The van der Waals surface area contributed by atoms with E-state index in [2.05, 4.69) is 20.0 Å². The van der Waals surface area contributed by atoms with Crippen LogP contribution in [0.25, 0.3) is 16.7 Å². The number of nitrogens with zero attached hydrogens (tertiary/aromatic N) is 5. The molecule has 0 saturated carbocycles. The number of halogens is 1. The number of aliphatic hydroxyl groups is 1. The van der Waals surface area contributed by atoms with E-state index in [4.69, 9.17) is 11.6 Å². The van der Waals surface area contributed by atoms with Gasteiger partial charge in [0, 0.05) is 11.6 Å². The Labute approximate surface area is 144 Å². The summed E-state index contributed by atoms with van der Waals surface area (Å²) in [5, 5.41) is 15.7. The van der Waals surface area contributed by atoms with Crippen LogP contribution in [0.3, 0.4) is 0 Å². The molecule has 1 aliphatic rings. The summed E-state index contributed by atoms with van der Waals surface area (Å²) in [6.07, 6.45) is 3.82. The average Bonchev–Trinajstić information content (AvgIpc) is 3.20. The Morgan fingerprint density at radius 3 is 3.00 bits per heavy atom. The van der Waals surface area contributed by atoms with Crippen molar-refractivity contribution in [3.05, 3.63) is 41.3 Å². The molecule has 0 amide bonds. The molecule has 1 atom stereocenters. The first-order valence-electron chi connectivity index (χ1n) is 8.03. The molecule has 124 valence electrons.